The lowest BCUT2D eigenvalue weighted by atomic mass is 10.1. The normalized spacial score (nSPS) is 11.4. The highest BCUT2D eigenvalue weighted by Crippen LogP contribution is 2.19. The Labute approximate surface area is 126 Å². The highest BCUT2D eigenvalue weighted by Gasteiger charge is 2.07. The van der Waals surface area contributed by atoms with Crippen molar-refractivity contribution in [2.75, 3.05) is 13.6 Å². The SMILES string of the molecule is CC(C)N(C)CCCn1c(-c2ccccc2)c[nH]c1=S. The van der Waals surface area contributed by atoms with Crippen LogP contribution in [0.4, 0.5) is 0 Å². The largest absolute Gasteiger partial charge is 0.337 e. The molecule has 2 rings (SSSR count). The Hall–Kier alpha value is -1.39. The molecule has 0 unspecified atom stereocenters. The Kier molecular flexibility index (Phi) is 5.15. The van der Waals surface area contributed by atoms with E-state index in [2.05, 4.69) is 59.6 Å². The Morgan fingerprint density at radius 2 is 1.95 bits per heavy atom. The predicted molar refractivity (Wildman–Crippen MR) is 87.4 cm³/mol. The van der Waals surface area contributed by atoms with Gasteiger partial charge in [-0.1, -0.05) is 30.3 Å². The number of hydrogen-bond acceptors (Lipinski definition) is 2. The minimum Gasteiger partial charge on any atom is -0.337 e. The molecule has 0 aliphatic carbocycles. The van der Waals surface area contributed by atoms with E-state index in [1.807, 2.05) is 12.3 Å². The van der Waals surface area contributed by atoms with Crippen molar-refractivity contribution in [1.29, 1.82) is 0 Å². The standard InChI is InChI=1S/C16H23N3S/c1-13(2)18(3)10-7-11-19-15(12-17-16(19)20)14-8-5-4-6-9-14/h4-6,8-9,12-13H,7,10-11H2,1-3H3,(H,17,20). The maximum Gasteiger partial charge on any atom is 0.177 e. The molecule has 3 nitrogen and oxygen atoms in total. The molecule has 0 saturated heterocycles. The number of aromatic nitrogens is 2. The van der Waals surface area contributed by atoms with Crippen LogP contribution in [-0.4, -0.2) is 34.1 Å². The summed E-state index contributed by atoms with van der Waals surface area (Å²) in [5.74, 6) is 0. The summed E-state index contributed by atoms with van der Waals surface area (Å²) in [4.78, 5) is 5.52. The van der Waals surface area contributed by atoms with Crippen LogP contribution in [0.5, 0.6) is 0 Å². The second kappa shape index (κ2) is 6.86. The monoisotopic (exact) mass is 289 g/mol. The topological polar surface area (TPSA) is 24.0 Å². The molecule has 0 aliphatic rings. The van der Waals surface area contributed by atoms with Gasteiger partial charge >= 0.3 is 0 Å². The van der Waals surface area contributed by atoms with E-state index in [1.54, 1.807) is 0 Å². The lowest BCUT2D eigenvalue weighted by molar-refractivity contribution is 0.265. The first kappa shape index (κ1) is 15.0. The maximum atomic E-state index is 5.40. The number of nitrogens with one attached hydrogen (secondary N) is 1. The smallest absolute Gasteiger partial charge is 0.177 e. The van der Waals surface area contributed by atoms with Crippen LogP contribution in [0.1, 0.15) is 20.3 Å². The Bertz CT molecular complexity index is 583. The second-order valence-electron chi connectivity index (χ2n) is 5.42. The number of rotatable bonds is 6. The molecule has 1 aromatic heterocycles. The first-order valence-electron chi connectivity index (χ1n) is 7.13. The summed E-state index contributed by atoms with van der Waals surface area (Å²) in [6.45, 7) is 6.47. The zero-order valence-corrected chi connectivity index (χ0v) is 13.3. The van der Waals surface area contributed by atoms with Gasteiger partial charge in [-0.05, 0) is 51.6 Å². The molecule has 0 amide bonds. The molecule has 4 heteroatoms. The van der Waals surface area contributed by atoms with Crippen LogP contribution in [0.25, 0.3) is 11.3 Å². The second-order valence-corrected chi connectivity index (χ2v) is 5.81. The average molecular weight is 289 g/mol. The molecule has 0 bridgehead atoms. The van der Waals surface area contributed by atoms with Crippen LogP contribution in [0, 0.1) is 4.77 Å². The van der Waals surface area contributed by atoms with Gasteiger partial charge in [0.15, 0.2) is 4.77 Å². The molecule has 0 atom stereocenters. The molecule has 0 aliphatic heterocycles. The lowest BCUT2D eigenvalue weighted by Gasteiger charge is -2.21. The molecule has 0 spiro atoms. The summed E-state index contributed by atoms with van der Waals surface area (Å²) in [5.41, 5.74) is 2.37. The van der Waals surface area contributed by atoms with Crippen molar-refractivity contribution in [1.82, 2.24) is 14.5 Å². The highest BCUT2D eigenvalue weighted by molar-refractivity contribution is 7.71. The van der Waals surface area contributed by atoms with Crippen LogP contribution in [-0.2, 0) is 6.54 Å². The highest BCUT2D eigenvalue weighted by atomic mass is 32.1. The van der Waals surface area contributed by atoms with Gasteiger partial charge in [0.05, 0.1) is 5.69 Å². The molecule has 0 radical (unpaired) electrons. The van der Waals surface area contributed by atoms with Crippen molar-refractivity contribution < 1.29 is 0 Å². The van der Waals surface area contributed by atoms with E-state index in [0.29, 0.717) is 6.04 Å². The van der Waals surface area contributed by atoms with Gasteiger partial charge in [0.25, 0.3) is 0 Å². The van der Waals surface area contributed by atoms with Crippen molar-refractivity contribution in [3.8, 4) is 11.3 Å². The molecule has 1 N–H and O–H groups in total. The summed E-state index contributed by atoms with van der Waals surface area (Å²) < 4.78 is 3.00. The molecule has 0 fully saturated rings. The van der Waals surface area contributed by atoms with E-state index in [9.17, 15) is 0 Å². The molecular formula is C16H23N3S. The van der Waals surface area contributed by atoms with Gasteiger partial charge in [-0.25, -0.2) is 0 Å². The van der Waals surface area contributed by atoms with E-state index in [0.717, 1.165) is 24.3 Å². The number of aromatic amines is 1. The van der Waals surface area contributed by atoms with Crippen LogP contribution in [0.3, 0.4) is 0 Å². The number of hydrogen-bond donors (Lipinski definition) is 1. The maximum absolute atomic E-state index is 5.40. The molecule has 1 heterocycles. The summed E-state index contributed by atoms with van der Waals surface area (Å²) in [6, 6.07) is 11.0. The average Bonchev–Trinajstić information content (AvgIpc) is 2.81. The fraction of sp³-hybridized carbons (Fsp3) is 0.438. The van der Waals surface area contributed by atoms with Crippen LogP contribution in [0.15, 0.2) is 36.5 Å². The zero-order chi connectivity index (χ0) is 14.5. The van der Waals surface area contributed by atoms with Crippen molar-refractivity contribution in [2.45, 2.75) is 32.9 Å². The van der Waals surface area contributed by atoms with Gasteiger partial charge in [-0.2, -0.15) is 0 Å². The van der Waals surface area contributed by atoms with Gasteiger partial charge in [-0.3, -0.25) is 0 Å². The van der Waals surface area contributed by atoms with Gasteiger partial charge in [0.1, 0.15) is 0 Å². The van der Waals surface area contributed by atoms with E-state index < -0.39 is 0 Å². The molecule has 0 saturated carbocycles. The van der Waals surface area contributed by atoms with E-state index in [-0.39, 0.29) is 0 Å². The van der Waals surface area contributed by atoms with Crippen molar-refractivity contribution >= 4 is 12.2 Å². The molecule has 1 aromatic carbocycles. The van der Waals surface area contributed by atoms with Gasteiger partial charge in [-0.15, -0.1) is 0 Å². The Morgan fingerprint density at radius 1 is 1.25 bits per heavy atom. The number of benzene rings is 1. The molecule has 2 aromatic rings. The van der Waals surface area contributed by atoms with Crippen molar-refractivity contribution in [2.24, 2.45) is 0 Å². The van der Waals surface area contributed by atoms with Gasteiger partial charge in [0.2, 0.25) is 0 Å². The first-order valence-corrected chi connectivity index (χ1v) is 7.54. The summed E-state index contributed by atoms with van der Waals surface area (Å²) in [7, 11) is 2.17. The van der Waals surface area contributed by atoms with Gasteiger partial charge in [0, 0.05) is 18.8 Å². The van der Waals surface area contributed by atoms with E-state index in [4.69, 9.17) is 12.2 Å². The summed E-state index contributed by atoms with van der Waals surface area (Å²) in [5, 5.41) is 0. The van der Waals surface area contributed by atoms with E-state index in [1.165, 1.54) is 11.3 Å². The van der Waals surface area contributed by atoms with Crippen molar-refractivity contribution in [3.05, 3.63) is 41.3 Å². The molecular weight excluding hydrogens is 266 g/mol. The Morgan fingerprint density at radius 3 is 2.60 bits per heavy atom. The fourth-order valence-corrected chi connectivity index (χ4v) is 2.45. The summed E-state index contributed by atoms with van der Waals surface area (Å²) >= 11 is 5.40. The number of H-pyrrole nitrogens is 1. The van der Waals surface area contributed by atoms with Crippen LogP contribution >= 0.6 is 12.2 Å². The number of nitrogens with zero attached hydrogens (tertiary/aromatic N) is 2. The quantitative estimate of drug-likeness (QED) is 0.814. The van der Waals surface area contributed by atoms with E-state index >= 15 is 0 Å². The predicted octanol–water partition coefficient (Wildman–Crippen LogP) is 3.94. The molecule has 20 heavy (non-hydrogen) atoms. The fourth-order valence-electron chi connectivity index (χ4n) is 2.20. The van der Waals surface area contributed by atoms with Crippen LogP contribution in [0.2, 0.25) is 0 Å². The summed E-state index contributed by atoms with van der Waals surface area (Å²) in [6.07, 6.45) is 3.10. The lowest BCUT2D eigenvalue weighted by Crippen LogP contribution is -2.27. The third-order valence-electron chi connectivity index (χ3n) is 3.71. The third kappa shape index (κ3) is 3.58. The number of imidazole rings is 1. The molecule has 108 valence electrons. The first-order chi connectivity index (χ1) is 9.59. The van der Waals surface area contributed by atoms with Crippen molar-refractivity contribution in [3.63, 3.8) is 0 Å². The Balaban J connectivity index is 2.09. The third-order valence-corrected chi connectivity index (χ3v) is 4.05. The minimum atomic E-state index is 0.586. The van der Waals surface area contributed by atoms with Gasteiger partial charge < -0.3 is 14.5 Å². The zero-order valence-electron chi connectivity index (χ0n) is 12.5. The minimum absolute atomic E-state index is 0.586. The van der Waals surface area contributed by atoms with Crippen LogP contribution < -0.4 is 0 Å².